The van der Waals surface area contributed by atoms with Gasteiger partial charge in [0.05, 0.1) is 6.61 Å². The summed E-state index contributed by atoms with van der Waals surface area (Å²) in [4.78, 5) is 12.3. The summed E-state index contributed by atoms with van der Waals surface area (Å²) in [5.74, 6) is 0.418. The summed E-state index contributed by atoms with van der Waals surface area (Å²) in [7, 11) is 1.73. The van der Waals surface area contributed by atoms with Gasteiger partial charge in [-0.15, -0.1) is 4.98 Å². The summed E-state index contributed by atoms with van der Waals surface area (Å²) < 4.78 is 10.8. The first-order valence-electron chi connectivity index (χ1n) is 6.05. The van der Waals surface area contributed by atoms with Gasteiger partial charge in [0, 0.05) is 7.05 Å². The Kier molecular flexibility index (Phi) is 4.49. The van der Waals surface area contributed by atoms with Gasteiger partial charge >= 0.3 is 12.0 Å². The van der Waals surface area contributed by atoms with E-state index in [0.29, 0.717) is 19.2 Å². The van der Waals surface area contributed by atoms with Crippen molar-refractivity contribution in [3.8, 4) is 12.0 Å². The average molecular weight is 260 g/mol. The zero-order chi connectivity index (χ0) is 13.5. The standard InChI is InChI=1S/C13H16N4O2/c1-3-18-12-15-11(14-2)16-13(17-12)19-9-10-7-5-4-6-8-10/h4-8H,3,9H2,1-2H3,(H,14,15,16,17). The summed E-state index contributed by atoms with van der Waals surface area (Å²) in [6.45, 7) is 2.76. The van der Waals surface area contributed by atoms with Crippen molar-refractivity contribution in [1.82, 2.24) is 15.0 Å². The molecule has 2 aromatic rings. The second kappa shape index (κ2) is 6.53. The Hall–Kier alpha value is -2.37. The van der Waals surface area contributed by atoms with E-state index in [0.717, 1.165) is 5.56 Å². The lowest BCUT2D eigenvalue weighted by atomic mass is 10.2. The van der Waals surface area contributed by atoms with Crippen LogP contribution in [-0.4, -0.2) is 28.6 Å². The van der Waals surface area contributed by atoms with E-state index >= 15 is 0 Å². The lowest BCUT2D eigenvalue weighted by Gasteiger charge is -2.08. The molecule has 0 radical (unpaired) electrons. The van der Waals surface area contributed by atoms with Crippen LogP contribution in [0.2, 0.25) is 0 Å². The number of nitrogens with zero attached hydrogens (tertiary/aromatic N) is 3. The molecule has 0 spiro atoms. The summed E-state index contributed by atoms with van der Waals surface area (Å²) >= 11 is 0. The molecular formula is C13H16N4O2. The molecule has 0 aliphatic carbocycles. The third-order valence-corrected chi connectivity index (χ3v) is 2.30. The van der Waals surface area contributed by atoms with Crippen molar-refractivity contribution in [2.24, 2.45) is 0 Å². The SMILES string of the molecule is CCOc1nc(NC)nc(OCc2ccccc2)n1. The number of ether oxygens (including phenoxy) is 2. The number of hydrogen-bond acceptors (Lipinski definition) is 6. The number of anilines is 1. The lowest BCUT2D eigenvalue weighted by Crippen LogP contribution is -2.07. The van der Waals surface area contributed by atoms with Crippen LogP contribution >= 0.6 is 0 Å². The van der Waals surface area contributed by atoms with Crippen molar-refractivity contribution in [2.75, 3.05) is 19.0 Å². The van der Waals surface area contributed by atoms with E-state index in [-0.39, 0.29) is 12.0 Å². The normalized spacial score (nSPS) is 10.0. The van der Waals surface area contributed by atoms with Gasteiger partial charge in [0.15, 0.2) is 0 Å². The fraction of sp³-hybridized carbons (Fsp3) is 0.308. The predicted octanol–water partition coefficient (Wildman–Crippen LogP) is 1.89. The maximum absolute atomic E-state index is 5.54. The molecule has 0 saturated heterocycles. The van der Waals surface area contributed by atoms with Crippen LogP contribution in [0.4, 0.5) is 5.95 Å². The first-order chi connectivity index (χ1) is 9.31. The van der Waals surface area contributed by atoms with Crippen molar-refractivity contribution in [2.45, 2.75) is 13.5 Å². The first kappa shape index (κ1) is 13.1. The smallest absolute Gasteiger partial charge is 0.324 e. The van der Waals surface area contributed by atoms with Crippen LogP contribution in [0.15, 0.2) is 30.3 Å². The largest absolute Gasteiger partial charge is 0.464 e. The highest BCUT2D eigenvalue weighted by Gasteiger charge is 2.07. The maximum atomic E-state index is 5.54. The second-order valence-electron chi connectivity index (χ2n) is 3.68. The molecule has 1 heterocycles. The molecule has 19 heavy (non-hydrogen) atoms. The number of benzene rings is 1. The van der Waals surface area contributed by atoms with Crippen molar-refractivity contribution in [1.29, 1.82) is 0 Å². The molecule has 0 fully saturated rings. The molecule has 0 saturated carbocycles. The van der Waals surface area contributed by atoms with Crippen molar-refractivity contribution in [3.63, 3.8) is 0 Å². The molecule has 0 amide bonds. The summed E-state index contributed by atoms with van der Waals surface area (Å²) in [5.41, 5.74) is 1.05. The van der Waals surface area contributed by atoms with Gasteiger partial charge in [-0.25, -0.2) is 0 Å². The molecule has 1 N–H and O–H groups in total. The highest BCUT2D eigenvalue weighted by atomic mass is 16.5. The minimum Gasteiger partial charge on any atom is -0.464 e. The van der Waals surface area contributed by atoms with E-state index in [2.05, 4.69) is 20.3 Å². The van der Waals surface area contributed by atoms with E-state index in [4.69, 9.17) is 9.47 Å². The Morgan fingerprint density at radius 1 is 1.00 bits per heavy atom. The van der Waals surface area contributed by atoms with E-state index in [1.54, 1.807) is 7.05 Å². The lowest BCUT2D eigenvalue weighted by molar-refractivity contribution is 0.262. The summed E-state index contributed by atoms with van der Waals surface area (Å²) in [5, 5.41) is 2.84. The molecule has 2 rings (SSSR count). The van der Waals surface area contributed by atoms with Crippen LogP contribution in [0.25, 0.3) is 0 Å². The highest BCUT2D eigenvalue weighted by molar-refractivity contribution is 5.26. The third-order valence-electron chi connectivity index (χ3n) is 2.30. The zero-order valence-corrected chi connectivity index (χ0v) is 11.0. The Labute approximate surface area is 111 Å². The topological polar surface area (TPSA) is 69.2 Å². The quantitative estimate of drug-likeness (QED) is 0.855. The van der Waals surface area contributed by atoms with Crippen LogP contribution in [0, 0.1) is 0 Å². The minimum atomic E-state index is 0.242. The van der Waals surface area contributed by atoms with E-state index in [1.165, 1.54) is 0 Å². The van der Waals surface area contributed by atoms with Crippen LogP contribution in [0.5, 0.6) is 12.0 Å². The van der Waals surface area contributed by atoms with Gasteiger partial charge in [-0.05, 0) is 12.5 Å². The summed E-state index contributed by atoms with van der Waals surface area (Å²) in [6.07, 6.45) is 0. The van der Waals surface area contributed by atoms with E-state index in [9.17, 15) is 0 Å². The van der Waals surface area contributed by atoms with E-state index < -0.39 is 0 Å². The molecule has 1 aromatic heterocycles. The zero-order valence-electron chi connectivity index (χ0n) is 11.0. The van der Waals surface area contributed by atoms with Crippen molar-refractivity contribution in [3.05, 3.63) is 35.9 Å². The fourth-order valence-electron chi connectivity index (χ4n) is 1.43. The van der Waals surface area contributed by atoms with Crippen molar-refractivity contribution >= 4 is 5.95 Å². The minimum absolute atomic E-state index is 0.242. The van der Waals surface area contributed by atoms with Gasteiger partial charge in [-0.2, -0.15) is 9.97 Å². The van der Waals surface area contributed by atoms with Gasteiger partial charge in [0.2, 0.25) is 5.95 Å². The maximum Gasteiger partial charge on any atom is 0.324 e. The number of hydrogen-bond donors (Lipinski definition) is 1. The van der Waals surface area contributed by atoms with Crippen LogP contribution in [0.1, 0.15) is 12.5 Å². The fourth-order valence-corrected chi connectivity index (χ4v) is 1.43. The Bertz CT molecular complexity index is 519. The van der Waals surface area contributed by atoms with Crippen LogP contribution in [0.3, 0.4) is 0 Å². The first-order valence-corrected chi connectivity index (χ1v) is 6.05. The monoisotopic (exact) mass is 260 g/mol. The molecule has 1 aromatic carbocycles. The molecule has 0 atom stereocenters. The number of aromatic nitrogens is 3. The van der Waals surface area contributed by atoms with Gasteiger partial charge in [0.25, 0.3) is 0 Å². The molecule has 0 aliphatic rings. The van der Waals surface area contributed by atoms with Gasteiger partial charge in [0.1, 0.15) is 6.61 Å². The summed E-state index contributed by atoms with van der Waals surface area (Å²) in [6, 6.07) is 10.3. The van der Waals surface area contributed by atoms with Crippen molar-refractivity contribution < 1.29 is 9.47 Å². The second-order valence-corrected chi connectivity index (χ2v) is 3.68. The van der Waals surface area contributed by atoms with E-state index in [1.807, 2.05) is 37.3 Å². The predicted molar refractivity (Wildman–Crippen MR) is 71.3 cm³/mol. The molecule has 0 aliphatic heterocycles. The Balaban J connectivity index is 2.08. The Morgan fingerprint density at radius 3 is 2.32 bits per heavy atom. The molecule has 6 nitrogen and oxygen atoms in total. The molecule has 6 heteroatoms. The molecule has 100 valence electrons. The number of nitrogens with one attached hydrogen (secondary N) is 1. The van der Waals surface area contributed by atoms with Crippen LogP contribution in [-0.2, 0) is 6.61 Å². The van der Waals surface area contributed by atoms with Gasteiger partial charge in [-0.3, -0.25) is 0 Å². The molecule has 0 bridgehead atoms. The number of rotatable bonds is 6. The Morgan fingerprint density at radius 2 is 1.68 bits per heavy atom. The van der Waals surface area contributed by atoms with Gasteiger partial charge < -0.3 is 14.8 Å². The third kappa shape index (κ3) is 3.80. The molecular weight excluding hydrogens is 244 g/mol. The molecule has 0 unspecified atom stereocenters. The van der Waals surface area contributed by atoms with Gasteiger partial charge in [-0.1, -0.05) is 30.3 Å². The average Bonchev–Trinajstić information content (AvgIpc) is 2.46. The van der Waals surface area contributed by atoms with Crippen LogP contribution < -0.4 is 14.8 Å². The highest BCUT2D eigenvalue weighted by Crippen LogP contribution is 2.13.